The Morgan fingerprint density at radius 1 is 1.47 bits per heavy atom. The van der Waals surface area contributed by atoms with Gasteiger partial charge in [-0.25, -0.2) is 0 Å². The number of nitrogens with one attached hydrogen (secondary N) is 2. The molecular weight excluding hydrogens is 216 g/mol. The van der Waals surface area contributed by atoms with Gasteiger partial charge in [0.15, 0.2) is 0 Å². The van der Waals surface area contributed by atoms with Crippen LogP contribution in [0.1, 0.15) is 6.92 Å². The van der Waals surface area contributed by atoms with Gasteiger partial charge in [-0.05, 0) is 19.1 Å². The number of amides is 2. The Kier molecular flexibility index (Phi) is 4.12. The average Bonchev–Trinajstić information content (AvgIpc) is 2.21. The van der Waals surface area contributed by atoms with E-state index in [0.29, 0.717) is 17.1 Å². The predicted molar refractivity (Wildman–Crippen MR) is 58.7 cm³/mol. The largest absolute Gasteiger partial charge is 0.347 e. The van der Waals surface area contributed by atoms with Crippen LogP contribution in [-0.4, -0.2) is 18.4 Å². The first-order chi connectivity index (χ1) is 7.15. The summed E-state index contributed by atoms with van der Waals surface area (Å²) in [7, 11) is 0. The normalized spacial score (nSPS) is 11.6. The van der Waals surface area contributed by atoms with Crippen LogP contribution in [0.3, 0.4) is 0 Å². The summed E-state index contributed by atoms with van der Waals surface area (Å²) in [5.74, 6) is -0.310. The van der Waals surface area contributed by atoms with Gasteiger partial charge in [-0.2, -0.15) is 0 Å². The highest BCUT2D eigenvalue weighted by Gasteiger charge is 2.12. The fourth-order valence-electron chi connectivity index (χ4n) is 0.981. The van der Waals surface area contributed by atoms with E-state index in [1.165, 1.54) is 0 Å². The van der Waals surface area contributed by atoms with Crippen molar-refractivity contribution in [3.05, 3.63) is 29.3 Å². The van der Waals surface area contributed by atoms with Gasteiger partial charge < -0.3 is 10.6 Å². The molecule has 0 heterocycles. The minimum absolute atomic E-state index is 0.310. The first-order valence-electron chi connectivity index (χ1n) is 4.40. The van der Waals surface area contributed by atoms with Crippen molar-refractivity contribution < 1.29 is 9.59 Å². The summed E-state index contributed by atoms with van der Waals surface area (Å²) in [6.45, 7) is 1.58. The number of anilines is 1. The number of carbonyl (C=O) groups excluding carboxylic acids is 2. The van der Waals surface area contributed by atoms with Crippen molar-refractivity contribution in [3.63, 3.8) is 0 Å². The second-order valence-corrected chi connectivity index (χ2v) is 3.38. The van der Waals surface area contributed by atoms with Crippen molar-refractivity contribution in [3.8, 4) is 0 Å². The minimum atomic E-state index is -0.584. The van der Waals surface area contributed by atoms with Gasteiger partial charge in [-0.15, -0.1) is 0 Å². The smallest absolute Gasteiger partial charge is 0.246 e. The standard InChI is InChI=1S/C10H11ClN2O2/c1-7(12-6-14)10(15)13-9-5-3-2-4-8(9)11/h2-7H,1H3,(H,12,14)(H,13,15). The maximum Gasteiger partial charge on any atom is 0.246 e. The second-order valence-electron chi connectivity index (χ2n) is 2.98. The molecule has 0 saturated heterocycles. The Labute approximate surface area is 92.6 Å². The van der Waals surface area contributed by atoms with Crippen molar-refractivity contribution in [2.75, 3.05) is 5.32 Å². The molecule has 80 valence electrons. The monoisotopic (exact) mass is 226 g/mol. The molecule has 2 N–H and O–H groups in total. The molecule has 0 bridgehead atoms. The molecule has 15 heavy (non-hydrogen) atoms. The lowest BCUT2D eigenvalue weighted by Crippen LogP contribution is -2.37. The highest BCUT2D eigenvalue weighted by Crippen LogP contribution is 2.20. The van der Waals surface area contributed by atoms with Gasteiger partial charge in [0, 0.05) is 0 Å². The van der Waals surface area contributed by atoms with Gasteiger partial charge in [0.25, 0.3) is 0 Å². The van der Waals surface area contributed by atoms with E-state index in [0.717, 1.165) is 0 Å². The fraction of sp³-hybridized carbons (Fsp3) is 0.200. The fourth-order valence-corrected chi connectivity index (χ4v) is 1.16. The molecule has 2 amide bonds. The number of rotatable bonds is 4. The van der Waals surface area contributed by atoms with Gasteiger partial charge in [-0.3, -0.25) is 9.59 Å². The first kappa shape index (κ1) is 11.5. The van der Waals surface area contributed by atoms with Crippen LogP contribution in [0, 0.1) is 0 Å². The third-order valence-electron chi connectivity index (χ3n) is 1.84. The van der Waals surface area contributed by atoms with E-state index < -0.39 is 6.04 Å². The van der Waals surface area contributed by atoms with E-state index >= 15 is 0 Å². The minimum Gasteiger partial charge on any atom is -0.347 e. The highest BCUT2D eigenvalue weighted by molar-refractivity contribution is 6.33. The van der Waals surface area contributed by atoms with E-state index in [-0.39, 0.29) is 5.91 Å². The summed E-state index contributed by atoms with van der Waals surface area (Å²) in [5, 5.41) is 5.41. The van der Waals surface area contributed by atoms with E-state index in [4.69, 9.17) is 11.6 Å². The van der Waals surface area contributed by atoms with Crippen LogP contribution in [0.2, 0.25) is 5.02 Å². The Hall–Kier alpha value is -1.55. The van der Waals surface area contributed by atoms with Crippen LogP contribution < -0.4 is 10.6 Å². The Morgan fingerprint density at radius 3 is 2.73 bits per heavy atom. The first-order valence-corrected chi connectivity index (χ1v) is 4.78. The van der Waals surface area contributed by atoms with Gasteiger partial charge in [0.1, 0.15) is 6.04 Å². The summed E-state index contributed by atoms with van der Waals surface area (Å²) in [6, 6.07) is 6.31. The molecule has 0 aliphatic rings. The molecule has 1 aromatic rings. The number of hydrogen-bond acceptors (Lipinski definition) is 2. The molecule has 0 aromatic heterocycles. The predicted octanol–water partition coefficient (Wildman–Crippen LogP) is 1.41. The highest BCUT2D eigenvalue weighted by atomic mass is 35.5. The Balaban J connectivity index is 2.66. The van der Waals surface area contributed by atoms with E-state index in [9.17, 15) is 9.59 Å². The van der Waals surface area contributed by atoms with Crippen molar-refractivity contribution in [1.29, 1.82) is 0 Å². The summed E-state index contributed by atoms with van der Waals surface area (Å²) < 4.78 is 0. The molecule has 1 unspecified atom stereocenters. The molecule has 1 aromatic carbocycles. The zero-order valence-electron chi connectivity index (χ0n) is 8.16. The topological polar surface area (TPSA) is 58.2 Å². The van der Waals surface area contributed by atoms with Crippen molar-refractivity contribution in [2.24, 2.45) is 0 Å². The summed E-state index contributed by atoms with van der Waals surface area (Å²) in [6.07, 6.45) is 0.483. The van der Waals surface area contributed by atoms with Crippen LogP contribution in [0.15, 0.2) is 24.3 Å². The number of hydrogen-bond donors (Lipinski definition) is 2. The molecule has 0 fully saturated rings. The molecule has 0 saturated carbocycles. The molecule has 0 aliphatic carbocycles. The van der Waals surface area contributed by atoms with Gasteiger partial charge in [-0.1, -0.05) is 23.7 Å². The lowest BCUT2D eigenvalue weighted by Gasteiger charge is -2.11. The molecule has 0 spiro atoms. The molecule has 4 nitrogen and oxygen atoms in total. The van der Waals surface area contributed by atoms with Gasteiger partial charge >= 0.3 is 0 Å². The van der Waals surface area contributed by atoms with Crippen LogP contribution in [0.25, 0.3) is 0 Å². The summed E-state index contributed by atoms with van der Waals surface area (Å²) in [4.78, 5) is 21.6. The molecule has 0 aliphatic heterocycles. The number of para-hydroxylation sites is 1. The average molecular weight is 227 g/mol. The van der Waals surface area contributed by atoms with Crippen LogP contribution in [0.4, 0.5) is 5.69 Å². The van der Waals surface area contributed by atoms with E-state index in [1.807, 2.05) is 0 Å². The SMILES string of the molecule is CC(NC=O)C(=O)Nc1ccccc1Cl. The second kappa shape index (κ2) is 5.36. The van der Waals surface area contributed by atoms with Crippen molar-refractivity contribution in [2.45, 2.75) is 13.0 Å². The zero-order chi connectivity index (χ0) is 11.3. The molecule has 1 atom stereocenters. The van der Waals surface area contributed by atoms with Gasteiger partial charge in [0.05, 0.1) is 10.7 Å². The lowest BCUT2D eigenvalue weighted by atomic mass is 10.2. The molecular formula is C10H11ClN2O2. The summed E-state index contributed by atoms with van der Waals surface area (Å²) >= 11 is 5.85. The van der Waals surface area contributed by atoms with Crippen molar-refractivity contribution >= 4 is 29.6 Å². The van der Waals surface area contributed by atoms with Crippen LogP contribution in [-0.2, 0) is 9.59 Å². The zero-order valence-corrected chi connectivity index (χ0v) is 8.91. The Bertz CT molecular complexity index is 368. The van der Waals surface area contributed by atoms with E-state index in [2.05, 4.69) is 10.6 Å². The van der Waals surface area contributed by atoms with E-state index in [1.54, 1.807) is 31.2 Å². The Morgan fingerprint density at radius 2 is 2.13 bits per heavy atom. The maximum atomic E-state index is 11.5. The third kappa shape index (κ3) is 3.25. The number of carbonyl (C=O) groups is 2. The summed E-state index contributed by atoms with van der Waals surface area (Å²) in [5.41, 5.74) is 0.531. The van der Waals surface area contributed by atoms with Crippen molar-refractivity contribution in [1.82, 2.24) is 5.32 Å². The third-order valence-corrected chi connectivity index (χ3v) is 2.17. The quantitative estimate of drug-likeness (QED) is 0.763. The lowest BCUT2D eigenvalue weighted by molar-refractivity contribution is -0.120. The van der Waals surface area contributed by atoms with Gasteiger partial charge in [0.2, 0.25) is 12.3 Å². The molecule has 5 heteroatoms. The molecule has 0 radical (unpaired) electrons. The van der Waals surface area contributed by atoms with Crippen LogP contribution in [0.5, 0.6) is 0 Å². The number of benzene rings is 1. The maximum absolute atomic E-state index is 11.5. The number of halogens is 1. The molecule has 1 rings (SSSR count). The van der Waals surface area contributed by atoms with Crippen LogP contribution >= 0.6 is 11.6 Å².